The van der Waals surface area contributed by atoms with Crippen LogP contribution in [0.25, 0.3) is 0 Å². The van der Waals surface area contributed by atoms with E-state index in [4.69, 9.17) is 5.11 Å². The zero-order chi connectivity index (χ0) is 12.3. The molecule has 94 valence electrons. The van der Waals surface area contributed by atoms with E-state index in [0.29, 0.717) is 12.8 Å². The molecule has 1 rings (SSSR count). The largest absolute Gasteiger partial charge is 0.480 e. The summed E-state index contributed by atoms with van der Waals surface area (Å²) in [5.41, 5.74) is 0. The number of carboxylic acids is 1. The smallest absolute Gasteiger partial charge is 0.321 e. The molecule has 2 N–H and O–H groups in total. The van der Waals surface area contributed by atoms with E-state index in [0.717, 1.165) is 12.8 Å². The number of sulfonamides is 1. The zero-order valence-corrected chi connectivity index (χ0v) is 10.5. The maximum absolute atomic E-state index is 11.9. The summed E-state index contributed by atoms with van der Waals surface area (Å²) in [5.74, 6) is -1.37. The summed E-state index contributed by atoms with van der Waals surface area (Å²) in [6, 6.07) is -1.02. The lowest BCUT2D eigenvalue weighted by Crippen LogP contribution is -2.47. The van der Waals surface area contributed by atoms with E-state index in [1.807, 2.05) is 0 Å². The first-order chi connectivity index (χ1) is 7.34. The molecule has 0 bridgehead atoms. The Kier molecular flexibility index (Phi) is 4.32. The topological polar surface area (TPSA) is 83.5 Å². The molecule has 1 atom stereocenters. The summed E-state index contributed by atoms with van der Waals surface area (Å²) in [4.78, 5) is 10.9. The molecule has 1 fully saturated rings. The highest BCUT2D eigenvalue weighted by molar-refractivity contribution is 7.90. The van der Waals surface area contributed by atoms with Crippen molar-refractivity contribution in [2.24, 2.45) is 5.92 Å². The second-order valence-electron chi connectivity index (χ2n) is 4.63. The summed E-state index contributed by atoms with van der Waals surface area (Å²) in [6.45, 7) is 3.38. The Bertz CT molecular complexity index is 344. The third kappa shape index (κ3) is 3.18. The maximum Gasteiger partial charge on any atom is 0.321 e. The van der Waals surface area contributed by atoms with Crippen LogP contribution in [0.1, 0.15) is 39.5 Å². The molecule has 0 unspecified atom stereocenters. The summed E-state index contributed by atoms with van der Waals surface area (Å²) < 4.78 is 26.1. The first-order valence-corrected chi connectivity index (χ1v) is 7.13. The van der Waals surface area contributed by atoms with Crippen LogP contribution in [-0.4, -0.2) is 30.8 Å². The van der Waals surface area contributed by atoms with Gasteiger partial charge in [-0.15, -0.1) is 0 Å². The Labute approximate surface area is 96.3 Å². The standard InChI is InChI=1S/C10H19NO4S/c1-7(2)9(10(12)13)11-16(14,15)8-5-3-4-6-8/h7-9,11H,3-6H2,1-2H3,(H,12,13)/t9-/m0/s1. The van der Waals surface area contributed by atoms with Crippen LogP contribution in [-0.2, 0) is 14.8 Å². The van der Waals surface area contributed by atoms with Crippen LogP contribution in [0.3, 0.4) is 0 Å². The Hall–Kier alpha value is -0.620. The average Bonchev–Trinajstić information content (AvgIpc) is 2.66. The first kappa shape index (κ1) is 13.4. The fraction of sp³-hybridized carbons (Fsp3) is 0.900. The van der Waals surface area contributed by atoms with Crippen LogP contribution >= 0.6 is 0 Å². The molecule has 0 spiro atoms. The highest BCUT2D eigenvalue weighted by Crippen LogP contribution is 2.24. The van der Waals surface area contributed by atoms with Crippen molar-refractivity contribution >= 4 is 16.0 Å². The highest BCUT2D eigenvalue weighted by Gasteiger charge is 2.33. The van der Waals surface area contributed by atoms with Gasteiger partial charge >= 0.3 is 5.97 Å². The third-order valence-corrected chi connectivity index (χ3v) is 4.90. The van der Waals surface area contributed by atoms with Gasteiger partial charge in [-0.1, -0.05) is 26.7 Å². The molecule has 16 heavy (non-hydrogen) atoms. The van der Waals surface area contributed by atoms with Crippen molar-refractivity contribution < 1.29 is 18.3 Å². The first-order valence-electron chi connectivity index (χ1n) is 5.58. The van der Waals surface area contributed by atoms with Gasteiger partial charge in [0.2, 0.25) is 10.0 Å². The molecule has 1 saturated carbocycles. The predicted molar refractivity (Wildman–Crippen MR) is 60.6 cm³/mol. The molecule has 0 aromatic heterocycles. The predicted octanol–water partition coefficient (Wildman–Crippen LogP) is 0.958. The number of carboxylic acid groups (broad SMARTS) is 1. The molecule has 0 aliphatic heterocycles. The second-order valence-corrected chi connectivity index (χ2v) is 6.62. The molecular formula is C10H19NO4S. The minimum absolute atomic E-state index is 0.256. The maximum atomic E-state index is 11.9. The second kappa shape index (κ2) is 5.14. The van der Waals surface area contributed by atoms with E-state index >= 15 is 0 Å². The number of hydrogen-bond donors (Lipinski definition) is 2. The van der Waals surface area contributed by atoms with Crippen molar-refractivity contribution in [1.29, 1.82) is 0 Å². The number of aliphatic carboxylic acids is 1. The van der Waals surface area contributed by atoms with E-state index < -0.39 is 27.3 Å². The Morgan fingerprint density at radius 2 is 1.81 bits per heavy atom. The summed E-state index contributed by atoms with van der Waals surface area (Å²) in [5, 5.41) is 8.51. The SMILES string of the molecule is CC(C)[C@H](NS(=O)(=O)C1CCCC1)C(=O)O. The lowest BCUT2D eigenvalue weighted by atomic mass is 10.1. The van der Waals surface area contributed by atoms with Crippen LogP contribution < -0.4 is 4.72 Å². The highest BCUT2D eigenvalue weighted by atomic mass is 32.2. The molecule has 5 nitrogen and oxygen atoms in total. The summed E-state index contributed by atoms with van der Waals surface area (Å²) in [7, 11) is -3.48. The number of rotatable bonds is 5. The van der Waals surface area contributed by atoms with E-state index in [1.54, 1.807) is 13.8 Å². The average molecular weight is 249 g/mol. The fourth-order valence-corrected chi connectivity index (χ4v) is 3.82. The van der Waals surface area contributed by atoms with Crippen LogP contribution in [0.15, 0.2) is 0 Å². The van der Waals surface area contributed by atoms with Gasteiger partial charge in [0.1, 0.15) is 6.04 Å². The van der Waals surface area contributed by atoms with Crippen molar-refractivity contribution in [1.82, 2.24) is 4.72 Å². The van der Waals surface area contributed by atoms with E-state index in [9.17, 15) is 13.2 Å². The van der Waals surface area contributed by atoms with Gasteiger partial charge in [-0.25, -0.2) is 13.1 Å². The van der Waals surface area contributed by atoms with Crippen molar-refractivity contribution in [2.75, 3.05) is 0 Å². The van der Waals surface area contributed by atoms with Crippen LogP contribution in [0, 0.1) is 5.92 Å². The molecule has 1 aliphatic rings. The van der Waals surface area contributed by atoms with E-state index in [-0.39, 0.29) is 5.92 Å². The lowest BCUT2D eigenvalue weighted by Gasteiger charge is -2.20. The van der Waals surface area contributed by atoms with Crippen molar-refractivity contribution in [2.45, 2.75) is 50.8 Å². The Morgan fingerprint density at radius 1 is 1.31 bits per heavy atom. The quantitative estimate of drug-likeness (QED) is 0.760. The molecule has 0 saturated heterocycles. The van der Waals surface area contributed by atoms with E-state index in [2.05, 4.69) is 4.72 Å². The van der Waals surface area contributed by atoms with Crippen LogP contribution in [0.2, 0.25) is 0 Å². The monoisotopic (exact) mass is 249 g/mol. The Morgan fingerprint density at radius 3 is 2.19 bits per heavy atom. The number of nitrogens with one attached hydrogen (secondary N) is 1. The molecule has 1 aliphatic carbocycles. The normalized spacial score (nSPS) is 20.2. The minimum Gasteiger partial charge on any atom is -0.480 e. The number of hydrogen-bond acceptors (Lipinski definition) is 3. The van der Waals surface area contributed by atoms with Gasteiger partial charge in [0, 0.05) is 0 Å². The molecule has 0 heterocycles. The summed E-state index contributed by atoms with van der Waals surface area (Å²) >= 11 is 0. The van der Waals surface area contributed by atoms with Crippen LogP contribution in [0.5, 0.6) is 0 Å². The third-order valence-electron chi connectivity index (χ3n) is 2.96. The number of carbonyl (C=O) groups is 1. The van der Waals surface area contributed by atoms with Crippen molar-refractivity contribution in [3.05, 3.63) is 0 Å². The van der Waals surface area contributed by atoms with Gasteiger partial charge in [0.25, 0.3) is 0 Å². The van der Waals surface area contributed by atoms with Gasteiger partial charge in [-0.2, -0.15) is 0 Å². The molecular weight excluding hydrogens is 230 g/mol. The lowest BCUT2D eigenvalue weighted by molar-refractivity contribution is -0.140. The van der Waals surface area contributed by atoms with Crippen molar-refractivity contribution in [3.8, 4) is 0 Å². The summed E-state index contributed by atoms with van der Waals surface area (Å²) in [6.07, 6.45) is 3.09. The Balaban J connectivity index is 2.73. The van der Waals surface area contributed by atoms with Crippen molar-refractivity contribution in [3.63, 3.8) is 0 Å². The minimum atomic E-state index is -3.48. The molecule has 0 radical (unpaired) electrons. The molecule has 0 amide bonds. The molecule has 0 aromatic rings. The van der Waals surface area contributed by atoms with Gasteiger partial charge in [0.05, 0.1) is 5.25 Å². The van der Waals surface area contributed by atoms with Gasteiger partial charge < -0.3 is 5.11 Å². The van der Waals surface area contributed by atoms with E-state index in [1.165, 1.54) is 0 Å². The van der Waals surface area contributed by atoms with Crippen LogP contribution in [0.4, 0.5) is 0 Å². The fourth-order valence-electron chi connectivity index (χ4n) is 1.94. The molecule has 6 heteroatoms. The molecule has 0 aromatic carbocycles. The van der Waals surface area contributed by atoms with Gasteiger partial charge in [0.15, 0.2) is 0 Å². The zero-order valence-electron chi connectivity index (χ0n) is 9.64. The van der Waals surface area contributed by atoms with Gasteiger partial charge in [-0.05, 0) is 18.8 Å². The van der Waals surface area contributed by atoms with Gasteiger partial charge in [-0.3, -0.25) is 4.79 Å².